The molecule has 4 aromatic rings. The zero-order valence-electron chi connectivity index (χ0n) is 15.7. The summed E-state index contributed by atoms with van der Waals surface area (Å²) in [6.07, 6.45) is 4.59. The molecule has 0 aliphatic rings. The fourth-order valence-electron chi connectivity index (χ4n) is 2.78. The highest BCUT2D eigenvalue weighted by Gasteiger charge is 2.20. The minimum absolute atomic E-state index is 0.0359. The number of rotatable bonds is 5. The minimum Gasteiger partial charge on any atom is -0.424 e. The molecule has 0 saturated carbocycles. The number of carbonyl (C=O) groups is 1. The molecular formula is C21H15F2N5O2. The maximum atomic E-state index is 14.2. The number of aryl methyl sites for hydroxylation is 1. The van der Waals surface area contributed by atoms with Gasteiger partial charge in [0.25, 0.3) is 5.91 Å². The average Bonchev–Trinajstić information content (AvgIpc) is 3.12. The molecule has 0 unspecified atom stereocenters. The molecule has 2 aromatic heterocycles. The first-order chi connectivity index (χ1) is 14.5. The molecule has 0 saturated heterocycles. The van der Waals surface area contributed by atoms with Gasteiger partial charge < -0.3 is 10.1 Å². The Morgan fingerprint density at radius 2 is 1.80 bits per heavy atom. The minimum atomic E-state index is -0.799. The molecule has 2 heterocycles. The lowest BCUT2D eigenvalue weighted by molar-refractivity contribution is 0.102. The van der Waals surface area contributed by atoms with E-state index in [2.05, 4.69) is 20.4 Å². The van der Waals surface area contributed by atoms with Crippen LogP contribution in [0, 0.1) is 11.6 Å². The number of ether oxygens (including phenoxy) is 1. The van der Waals surface area contributed by atoms with Crippen molar-refractivity contribution in [3.8, 4) is 23.0 Å². The normalized spacial score (nSPS) is 10.6. The van der Waals surface area contributed by atoms with Gasteiger partial charge in [-0.15, -0.1) is 0 Å². The van der Waals surface area contributed by atoms with Crippen LogP contribution in [0.4, 0.5) is 14.5 Å². The molecule has 9 heteroatoms. The second kappa shape index (κ2) is 8.08. The summed E-state index contributed by atoms with van der Waals surface area (Å²) in [6, 6.07) is 11.6. The molecule has 0 aliphatic carbocycles. The Labute approximate surface area is 170 Å². The number of nitrogens with zero attached hydrogens (tertiary/aromatic N) is 4. The fraction of sp³-hybridized carbons (Fsp3) is 0.0476. The third-order valence-corrected chi connectivity index (χ3v) is 4.12. The van der Waals surface area contributed by atoms with Gasteiger partial charge in [-0.05, 0) is 42.5 Å². The van der Waals surface area contributed by atoms with Crippen LogP contribution in [0.3, 0.4) is 0 Å². The summed E-state index contributed by atoms with van der Waals surface area (Å²) in [5.41, 5.74) is 0.805. The summed E-state index contributed by atoms with van der Waals surface area (Å²) >= 11 is 0. The maximum Gasteiger partial charge on any atom is 0.321 e. The van der Waals surface area contributed by atoms with E-state index in [9.17, 15) is 13.6 Å². The van der Waals surface area contributed by atoms with Crippen LogP contribution in [0.5, 0.6) is 11.8 Å². The largest absolute Gasteiger partial charge is 0.424 e. The van der Waals surface area contributed by atoms with Gasteiger partial charge in [-0.2, -0.15) is 5.10 Å². The van der Waals surface area contributed by atoms with Gasteiger partial charge in [-0.25, -0.2) is 18.7 Å². The predicted molar refractivity (Wildman–Crippen MR) is 105 cm³/mol. The number of nitrogens with one attached hydrogen (secondary N) is 1. The van der Waals surface area contributed by atoms with E-state index >= 15 is 0 Å². The average molecular weight is 407 g/mol. The van der Waals surface area contributed by atoms with Crippen LogP contribution in [-0.4, -0.2) is 25.7 Å². The highest BCUT2D eigenvalue weighted by molar-refractivity contribution is 6.08. The molecule has 1 N–H and O–H groups in total. The Hall–Kier alpha value is -4.14. The first kappa shape index (κ1) is 19.2. The number of amides is 1. The lowest BCUT2D eigenvalue weighted by Crippen LogP contribution is -2.12. The summed E-state index contributed by atoms with van der Waals surface area (Å²) in [4.78, 5) is 20.7. The Morgan fingerprint density at radius 1 is 1.07 bits per heavy atom. The fourth-order valence-corrected chi connectivity index (χ4v) is 2.78. The van der Waals surface area contributed by atoms with Crippen LogP contribution in [0.15, 0.2) is 67.1 Å². The van der Waals surface area contributed by atoms with Crippen molar-refractivity contribution in [2.24, 2.45) is 7.05 Å². The van der Waals surface area contributed by atoms with E-state index in [0.717, 1.165) is 12.1 Å². The molecule has 0 atom stereocenters. The topological polar surface area (TPSA) is 81.9 Å². The molecule has 0 aliphatic heterocycles. The molecule has 2 aromatic carbocycles. The Morgan fingerprint density at radius 3 is 2.50 bits per heavy atom. The number of hydrogen-bond acceptors (Lipinski definition) is 5. The van der Waals surface area contributed by atoms with E-state index in [0.29, 0.717) is 11.4 Å². The summed E-state index contributed by atoms with van der Waals surface area (Å²) in [5, 5.41) is 6.88. The Kier molecular flexibility index (Phi) is 5.17. The zero-order chi connectivity index (χ0) is 21.1. The third-order valence-electron chi connectivity index (χ3n) is 4.12. The molecule has 0 fully saturated rings. The van der Waals surface area contributed by atoms with Gasteiger partial charge in [0.2, 0.25) is 0 Å². The van der Waals surface area contributed by atoms with Gasteiger partial charge in [0, 0.05) is 43.0 Å². The van der Waals surface area contributed by atoms with Crippen molar-refractivity contribution >= 4 is 11.6 Å². The van der Waals surface area contributed by atoms with E-state index in [1.54, 1.807) is 49.8 Å². The second-order valence-electron chi connectivity index (χ2n) is 6.30. The van der Waals surface area contributed by atoms with Gasteiger partial charge in [-0.3, -0.25) is 9.48 Å². The van der Waals surface area contributed by atoms with Crippen molar-refractivity contribution in [2.45, 2.75) is 0 Å². The van der Waals surface area contributed by atoms with Crippen molar-refractivity contribution in [3.05, 3.63) is 84.3 Å². The van der Waals surface area contributed by atoms with Gasteiger partial charge in [-0.1, -0.05) is 0 Å². The van der Waals surface area contributed by atoms with Crippen LogP contribution in [-0.2, 0) is 7.05 Å². The van der Waals surface area contributed by atoms with Crippen molar-refractivity contribution in [1.29, 1.82) is 0 Å². The lowest BCUT2D eigenvalue weighted by Gasteiger charge is -2.08. The molecule has 0 bridgehead atoms. The highest BCUT2D eigenvalue weighted by atomic mass is 19.1. The molecule has 4 rings (SSSR count). The highest BCUT2D eigenvalue weighted by Crippen LogP contribution is 2.27. The van der Waals surface area contributed by atoms with Gasteiger partial charge in [0.15, 0.2) is 0 Å². The molecule has 30 heavy (non-hydrogen) atoms. The van der Waals surface area contributed by atoms with Crippen LogP contribution in [0.25, 0.3) is 11.3 Å². The first-order valence-electron chi connectivity index (χ1n) is 8.85. The molecule has 0 radical (unpaired) electrons. The summed E-state index contributed by atoms with van der Waals surface area (Å²) in [5.74, 6) is -1.50. The predicted octanol–water partition coefficient (Wildman–Crippen LogP) is 4.20. The maximum absolute atomic E-state index is 14.2. The number of anilines is 1. The van der Waals surface area contributed by atoms with Crippen LogP contribution in [0.1, 0.15) is 10.4 Å². The van der Waals surface area contributed by atoms with Crippen molar-refractivity contribution < 1.29 is 18.3 Å². The second-order valence-corrected chi connectivity index (χ2v) is 6.30. The van der Waals surface area contributed by atoms with E-state index in [1.165, 1.54) is 16.9 Å². The lowest BCUT2D eigenvalue weighted by atomic mass is 10.1. The zero-order valence-corrected chi connectivity index (χ0v) is 15.7. The van der Waals surface area contributed by atoms with E-state index in [-0.39, 0.29) is 22.8 Å². The van der Waals surface area contributed by atoms with E-state index in [4.69, 9.17) is 4.74 Å². The number of hydrogen-bond donors (Lipinski definition) is 1. The third kappa shape index (κ3) is 4.14. The van der Waals surface area contributed by atoms with Gasteiger partial charge >= 0.3 is 6.01 Å². The van der Waals surface area contributed by atoms with Crippen LogP contribution in [0.2, 0.25) is 0 Å². The van der Waals surface area contributed by atoms with E-state index in [1.807, 2.05) is 0 Å². The summed E-state index contributed by atoms with van der Waals surface area (Å²) in [7, 11) is 1.61. The number of halogens is 2. The van der Waals surface area contributed by atoms with Crippen molar-refractivity contribution in [3.63, 3.8) is 0 Å². The molecule has 7 nitrogen and oxygen atoms in total. The molecule has 1 amide bonds. The van der Waals surface area contributed by atoms with Crippen LogP contribution >= 0.6 is 0 Å². The monoisotopic (exact) mass is 407 g/mol. The smallest absolute Gasteiger partial charge is 0.321 e. The first-order valence-corrected chi connectivity index (χ1v) is 8.85. The summed E-state index contributed by atoms with van der Waals surface area (Å²) < 4.78 is 34.3. The molecular weight excluding hydrogens is 392 g/mol. The van der Waals surface area contributed by atoms with Crippen molar-refractivity contribution in [1.82, 2.24) is 19.7 Å². The summed E-state index contributed by atoms with van der Waals surface area (Å²) in [6.45, 7) is 0. The number of aromatic nitrogens is 4. The number of carbonyl (C=O) groups excluding carboxylic acids is 1. The quantitative estimate of drug-likeness (QED) is 0.536. The molecule has 0 spiro atoms. The van der Waals surface area contributed by atoms with Crippen LogP contribution < -0.4 is 10.1 Å². The Balaban J connectivity index is 1.53. The SMILES string of the molecule is Cn1cc(C(=O)Nc2ccc(Oc3ncccn3)cc2)c(-c2ccc(F)cc2F)n1. The van der Waals surface area contributed by atoms with Gasteiger partial charge in [0.05, 0.1) is 5.56 Å². The van der Waals surface area contributed by atoms with E-state index < -0.39 is 17.5 Å². The standard InChI is InChI=1S/C21H15F2N5O2/c1-28-12-17(19(27-28)16-8-3-13(22)11-18(16)23)20(29)26-14-4-6-15(7-5-14)30-21-24-9-2-10-25-21/h2-12H,1H3,(H,26,29). The number of benzene rings is 2. The Bertz CT molecular complexity index is 1190. The van der Waals surface area contributed by atoms with Gasteiger partial charge in [0.1, 0.15) is 23.1 Å². The van der Waals surface area contributed by atoms with Crippen molar-refractivity contribution in [2.75, 3.05) is 5.32 Å². The molecule has 150 valence electrons.